The van der Waals surface area contributed by atoms with Crippen LogP contribution >= 0.6 is 0 Å². The molecule has 0 spiro atoms. The molecule has 1 aliphatic rings. The predicted molar refractivity (Wildman–Crippen MR) is 124 cm³/mol. The molecule has 196 valence electrons. The van der Waals surface area contributed by atoms with Crippen molar-refractivity contribution in [1.29, 1.82) is 0 Å². The Bertz CT molecular complexity index is 1180. The molecule has 1 aliphatic heterocycles. The third kappa shape index (κ3) is 6.23. The van der Waals surface area contributed by atoms with Gasteiger partial charge < -0.3 is 23.8 Å². The first kappa shape index (κ1) is 27.2. The van der Waals surface area contributed by atoms with Crippen LogP contribution < -0.4 is 0 Å². The van der Waals surface area contributed by atoms with Crippen LogP contribution in [0.3, 0.4) is 0 Å². The standard InChI is InChI=1S/C23H23N3O11/c1-13(27)24(2)19-18(12-35-21(28)14-4-8-16(9-5-14)25(30)31)36-23(34-3)20(19)37-22(29)15-6-10-17(11-7-15)26(32)33/h4-11,18-20,23H,12H2,1-3H3/t18-,19-,20-,23+/m1/s1. The summed E-state index contributed by atoms with van der Waals surface area (Å²) in [6.45, 7) is 0.929. The number of likely N-dealkylation sites (N-methyl/N-ethyl adjacent to an activating group) is 1. The van der Waals surface area contributed by atoms with Gasteiger partial charge in [-0.1, -0.05) is 0 Å². The Balaban J connectivity index is 1.76. The fourth-order valence-corrected chi connectivity index (χ4v) is 3.71. The van der Waals surface area contributed by atoms with Crippen LogP contribution in [0, 0.1) is 20.2 Å². The predicted octanol–water partition coefficient (Wildman–Crippen LogP) is 2.10. The van der Waals surface area contributed by atoms with Crippen LogP contribution in [-0.2, 0) is 23.7 Å². The Kier molecular flexibility index (Phi) is 8.47. The molecule has 14 heteroatoms. The SMILES string of the molecule is CO[C@H]1O[C@H](COC(=O)c2ccc([N+](=O)[O-])cc2)[C@@H](N(C)C(C)=O)[C@H]1OC(=O)c1ccc([N+](=O)[O-])cc1. The number of nitro benzene ring substituents is 2. The molecular weight excluding hydrogens is 494 g/mol. The summed E-state index contributed by atoms with van der Waals surface area (Å²) < 4.78 is 22.0. The van der Waals surface area contributed by atoms with E-state index in [1.807, 2.05) is 0 Å². The van der Waals surface area contributed by atoms with Crippen molar-refractivity contribution in [2.24, 2.45) is 0 Å². The van der Waals surface area contributed by atoms with Gasteiger partial charge in [0, 0.05) is 45.3 Å². The van der Waals surface area contributed by atoms with Crippen molar-refractivity contribution >= 4 is 29.2 Å². The van der Waals surface area contributed by atoms with Crippen molar-refractivity contribution < 1.29 is 43.2 Å². The minimum Gasteiger partial charge on any atom is -0.459 e. The number of ether oxygens (including phenoxy) is 4. The van der Waals surface area contributed by atoms with Crippen LogP contribution in [0.25, 0.3) is 0 Å². The number of esters is 2. The molecule has 0 N–H and O–H groups in total. The van der Waals surface area contributed by atoms with E-state index in [-0.39, 0.29) is 29.1 Å². The average molecular weight is 517 g/mol. The molecule has 0 radical (unpaired) electrons. The molecule has 1 saturated heterocycles. The number of rotatable bonds is 9. The first-order valence-electron chi connectivity index (χ1n) is 10.8. The minimum absolute atomic E-state index is 0.0257. The third-order valence-electron chi connectivity index (χ3n) is 5.72. The fourth-order valence-electron chi connectivity index (χ4n) is 3.71. The molecule has 0 bridgehead atoms. The summed E-state index contributed by atoms with van der Waals surface area (Å²) in [6.07, 6.45) is -3.22. The zero-order valence-corrected chi connectivity index (χ0v) is 20.0. The van der Waals surface area contributed by atoms with E-state index in [1.54, 1.807) is 0 Å². The Morgan fingerprint density at radius 1 is 0.919 bits per heavy atom. The molecule has 14 nitrogen and oxygen atoms in total. The Hall–Kier alpha value is -4.43. The summed E-state index contributed by atoms with van der Waals surface area (Å²) >= 11 is 0. The van der Waals surface area contributed by atoms with Crippen molar-refractivity contribution in [3.8, 4) is 0 Å². The Morgan fingerprint density at radius 3 is 1.84 bits per heavy atom. The number of nitro groups is 2. The third-order valence-corrected chi connectivity index (χ3v) is 5.72. The lowest BCUT2D eigenvalue weighted by Gasteiger charge is -2.31. The minimum atomic E-state index is -1.13. The Labute approximate surface area is 210 Å². The zero-order valence-electron chi connectivity index (χ0n) is 20.0. The Morgan fingerprint density at radius 2 is 1.41 bits per heavy atom. The van der Waals surface area contributed by atoms with E-state index in [9.17, 15) is 34.6 Å². The van der Waals surface area contributed by atoms with Gasteiger partial charge in [-0.3, -0.25) is 25.0 Å². The van der Waals surface area contributed by atoms with Gasteiger partial charge in [0.05, 0.1) is 21.0 Å². The lowest BCUT2D eigenvalue weighted by molar-refractivity contribution is -0.385. The van der Waals surface area contributed by atoms with Gasteiger partial charge >= 0.3 is 11.9 Å². The van der Waals surface area contributed by atoms with Crippen LogP contribution in [0.1, 0.15) is 27.6 Å². The van der Waals surface area contributed by atoms with Gasteiger partial charge in [-0.25, -0.2) is 9.59 Å². The van der Waals surface area contributed by atoms with E-state index in [0.717, 1.165) is 24.3 Å². The van der Waals surface area contributed by atoms with Crippen molar-refractivity contribution in [3.63, 3.8) is 0 Å². The summed E-state index contributed by atoms with van der Waals surface area (Å²) in [5, 5.41) is 21.7. The van der Waals surface area contributed by atoms with E-state index in [1.165, 1.54) is 50.2 Å². The monoisotopic (exact) mass is 517 g/mol. The van der Waals surface area contributed by atoms with E-state index in [2.05, 4.69) is 0 Å². The molecule has 2 aromatic rings. The van der Waals surface area contributed by atoms with E-state index >= 15 is 0 Å². The lowest BCUT2D eigenvalue weighted by atomic mass is 10.1. The van der Waals surface area contributed by atoms with Crippen LogP contribution in [0.5, 0.6) is 0 Å². The molecule has 0 saturated carbocycles. The molecule has 0 aliphatic carbocycles. The van der Waals surface area contributed by atoms with Crippen molar-refractivity contribution in [2.75, 3.05) is 20.8 Å². The van der Waals surface area contributed by atoms with Gasteiger partial charge in [0.1, 0.15) is 18.8 Å². The summed E-state index contributed by atoms with van der Waals surface area (Å²) in [4.78, 5) is 59.1. The van der Waals surface area contributed by atoms with Crippen molar-refractivity contribution in [3.05, 3.63) is 79.9 Å². The number of non-ortho nitro benzene ring substituents is 2. The lowest BCUT2D eigenvalue weighted by Crippen LogP contribution is -2.51. The number of carbonyl (C=O) groups excluding carboxylic acids is 3. The molecule has 0 unspecified atom stereocenters. The van der Waals surface area contributed by atoms with Gasteiger partial charge in [0.25, 0.3) is 11.4 Å². The topological polar surface area (TPSA) is 178 Å². The molecule has 3 rings (SSSR count). The van der Waals surface area contributed by atoms with E-state index < -0.39 is 52.2 Å². The molecule has 1 fully saturated rings. The van der Waals surface area contributed by atoms with E-state index in [4.69, 9.17) is 18.9 Å². The van der Waals surface area contributed by atoms with Crippen LogP contribution in [-0.4, -0.2) is 77.9 Å². The highest BCUT2D eigenvalue weighted by atomic mass is 16.7. The number of benzene rings is 2. The summed E-state index contributed by atoms with van der Waals surface area (Å²) in [7, 11) is 2.75. The normalized spacial score (nSPS) is 20.6. The molecule has 1 amide bonds. The zero-order chi connectivity index (χ0) is 27.3. The maximum absolute atomic E-state index is 12.8. The number of hydrogen-bond acceptors (Lipinski definition) is 11. The van der Waals surface area contributed by atoms with Crippen molar-refractivity contribution in [1.82, 2.24) is 4.90 Å². The number of amides is 1. The highest BCUT2D eigenvalue weighted by molar-refractivity contribution is 5.90. The highest BCUT2D eigenvalue weighted by Crippen LogP contribution is 2.30. The fraction of sp³-hybridized carbons (Fsp3) is 0.348. The molecule has 4 atom stereocenters. The second-order valence-electron chi connectivity index (χ2n) is 7.98. The molecule has 2 aromatic carbocycles. The number of carbonyl (C=O) groups is 3. The molecule has 0 aromatic heterocycles. The maximum atomic E-state index is 12.8. The summed E-state index contributed by atoms with van der Waals surface area (Å²) in [6, 6.07) is 8.62. The second kappa shape index (κ2) is 11.5. The quantitative estimate of drug-likeness (QED) is 0.270. The smallest absolute Gasteiger partial charge is 0.338 e. The van der Waals surface area contributed by atoms with Crippen LogP contribution in [0.2, 0.25) is 0 Å². The highest BCUT2D eigenvalue weighted by Gasteiger charge is 2.50. The molecule has 1 heterocycles. The largest absolute Gasteiger partial charge is 0.459 e. The van der Waals surface area contributed by atoms with Gasteiger partial charge in [0.15, 0.2) is 12.4 Å². The number of methoxy groups -OCH3 is 1. The van der Waals surface area contributed by atoms with Gasteiger partial charge in [-0.2, -0.15) is 0 Å². The van der Waals surface area contributed by atoms with Gasteiger partial charge in [0.2, 0.25) is 5.91 Å². The summed E-state index contributed by atoms with van der Waals surface area (Å²) in [5.74, 6) is -2.02. The summed E-state index contributed by atoms with van der Waals surface area (Å²) in [5.41, 5.74) is -0.318. The van der Waals surface area contributed by atoms with E-state index in [0.29, 0.717) is 0 Å². The number of nitrogens with zero attached hydrogens (tertiary/aromatic N) is 3. The van der Waals surface area contributed by atoms with Crippen LogP contribution in [0.4, 0.5) is 11.4 Å². The van der Waals surface area contributed by atoms with Gasteiger partial charge in [-0.15, -0.1) is 0 Å². The van der Waals surface area contributed by atoms with Crippen molar-refractivity contribution in [2.45, 2.75) is 31.5 Å². The van der Waals surface area contributed by atoms with Gasteiger partial charge in [-0.05, 0) is 24.3 Å². The first-order chi connectivity index (χ1) is 17.5. The second-order valence-corrected chi connectivity index (χ2v) is 7.98. The maximum Gasteiger partial charge on any atom is 0.338 e. The average Bonchev–Trinajstić information content (AvgIpc) is 3.23. The molecule has 37 heavy (non-hydrogen) atoms. The number of hydrogen-bond donors (Lipinski definition) is 0. The first-order valence-corrected chi connectivity index (χ1v) is 10.8. The van der Waals surface area contributed by atoms with Crippen LogP contribution in [0.15, 0.2) is 48.5 Å². The molecular formula is C23H23N3O11.